The topological polar surface area (TPSA) is 45.2 Å². The molecule has 2 aromatic rings. The van der Waals surface area contributed by atoms with Crippen LogP contribution in [0.4, 0.5) is 11.4 Å². The molecule has 1 aliphatic rings. The van der Waals surface area contributed by atoms with E-state index in [1.807, 2.05) is 42.3 Å². The number of fused-ring (bicyclic) bond motifs is 1. The molecule has 0 saturated carbocycles. The molecule has 4 heteroatoms. The van der Waals surface area contributed by atoms with Gasteiger partial charge in [0, 0.05) is 42.1 Å². The smallest absolute Gasteiger partial charge is 0.224 e. The first kappa shape index (κ1) is 15.5. The van der Waals surface area contributed by atoms with E-state index in [4.69, 9.17) is 0 Å². The molecular formula is C19H23N3O. The van der Waals surface area contributed by atoms with Crippen LogP contribution in [-0.2, 0) is 4.79 Å². The lowest BCUT2D eigenvalue weighted by molar-refractivity contribution is -0.117. The van der Waals surface area contributed by atoms with Gasteiger partial charge in [-0.3, -0.25) is 9.78 Å². The lowest BCUT2D eigenvalue weighted by Gasteiger charge is -2.44. The first-order valence-electron chi connectivity index (χ1n) is 8.07. The van der Waals surface area contributed by atoms with Crippen LogP contribution >= 0.6 is 0 Å². The number of amides is 1. The molecule has 3 rings (SSSR count). The molecule has 0 unspecified atom stereocenters. The van der Waals surface area contributed by atoms with Crippen molar-refractivity contribution >= 4 is 17.3 Å². The number of hydrogen-bond acceptors (Lipinski definition) is 3. The maximum Gasteiger partial charge on any atom is 0.224 e. The van der Waals surface area contributed by atoms with E-state index in [-0.39, 0.29) is 18.0 Å². The second-order valence-electron chi connectivity index (χ2n) is 6.36. The van der Waals surface area contributed by atoms with Gasteiger partial charge in [0.1, 0.15) is 0 Å². The summed E-state index contributed by atoms with van der Waals surface area (Å²) in [5, 5.41) is 3.64. The molecule has 0 spiro atoms. The fraction of sp³-hybridized carbons (Fsp3) is 0.368. The van der Waals surface area contributed by atoms with Crippen molar-refractivity contribution in [1.29, 1.82) is 0 Å². The van der Waals surface area contributed by atoms with Gasteiger partial charge in [-0.25, -0.2) is 0 Å². The van der Waals surface area contributed by atoms with Crippen molar-refractivity contribution < 1.29 is 4.79 Å². The van der Waals surface area contributed by atoms with Gasteiger partial charge in [-0.1, -0.05) is 25.1 Å². The number of aryl methyl sites for hydroxylation is 1. The minimum atomic E-state index is 0.0926. The Bertz CT molecular complexity index is 728. The molecule has 1 N–H and O–H groups in total. The first-order valence-corrected chi connectivity index (χ1v) is 8.07. The summed E-state index contributed by atoms with van der Waals surface area (Å²) in [6.07, 6.45) is 1.82. The van der Waals surface area contributed by atoms with Gasteiger partial charge < -0.3 is 10.2 Å². The number of nitrogens with one attached hydrogen (secondary N) is 1. The van der Waals surface area contributed by atoms with Crippen molar-refractivity contribution in [2.24, 2.45) is 5.92 Å². The second-order valence-corrected chi connectivity index (χ2v) is 6.36. The normalized spacial score (nSPS) is 23.3. The molecule has 1 aliphatic heterocycles. The van der Waals surface area contributed by atoms with E-state index in [0.717, 1.165) is 17.1 Å². The summed E-state index contributed by atoms with van der Waals surface area (Å²) in [4.78, 5) is 18.3. The highest BCUT2D eigenvalue weighted by atomic mass is 16.2. The number of carbonyl (C=O) groups excluding carboxylic acids is 1. The zero-order valence-corrected chi connectivity index (χ0v) is 14.1. The molecule has 0 saturated heterocycles. The first-order chi connectivity index (χ1) is 11.0. The third-order valence-electron chi connectivity index (χ3n) is 4.78. The van der Waals surface area contributed by atoms with Crippen molar-refractivity contribution in [2.75, 3.05) is 10.2 Å². The summed E-state index contributed by atoms with van der Waals surface area (Å²) in [6.45, 7) is 7.94. The Morgan fingerprint density at radius 3 is 2.65 bits per heavy atom. The number of benzene rings is 1. The van der Waals surface area contributed by atoms with Crippen LogP contribution in [-0.4, -0.2) is 16.9 Å². The summed E-state index contributed by atoms with van der Waals surface area (Å²) in [5.74, 6) is 0.386. The van der Waals surface area contributed by atoms with E-state index in [1.165, 1.54) is 5.56 Å². The predicted molar refractivity (Wildman–Crippen MR) is 93.6 cm³/mol. The van der Waals surface area contributed by atoms with Crippen molar-refractivity contribution in [3.05, 3.63) is 53.9 Å². The fourth-order valence-electron chi connectivity index (χ4n) is 3.47. The zero-order valence-electron chi connectivity index (χ0n) is 14.1. The van der Waals surface area contributed by atoms with Gasteiger partial charge in [0.25, 0.3) is 0 Å². The largest absolute Gasteiger partial charge is 0.378 e. The maximum absolute atomic E-state index is 12.1. The highest BCUT2D eigenvalue weighted by Gasteiger charge is 2.37. The van der Waals surface area contributed by atoms with E-state index < -0.39 is 0 Å². The second kappa shape index (κ2) is 6.03. The third kappa shape index (κ3) is 2.81. The maximum atomic E-state index is 12.1. The molecule has 4 nitrogen and oxygen atoms in total. The number of anilines is 2. The van der Waals surface area contributed by atoms with E-state index in [9.17, 15) is 4.79 Å². The lowest BCUT2D eigenvalue weighted by atomic mass is 9.82. The van der Waals surface area contributed by atoms with Crippen molar-refractivity contribution in [3.8, 4) is 0 Å². The Morgan fingerprint density at radius 1 is 1.22 bits per heavy atom. The highest BCUT2D eigenvalue weighted by molar-refractivity contribution is 5.93. The van der Waals surface area contributed by atoms with Crippen LogP contribution in [0, 0.1) is 12.8 Å². The Hall–Kier alpha value is -2.36. The van der Waals surface area contributed by atoms with Gasteiger partial charge in [0.05, 0.1) is 6.04 Å². The van der Waals surface area contributed by atoms with Crippen molar-refractivity contribution in [1.82, 2.24) is 4.98 Å². The van der Waals surface area contributed by atoms with Gasteiger partial charge in [-0.2, -0.15) is 0 Å². The van der Waals surface area contributed by atoms with Crippen LogP contribution < -0.4 is 10.2 Å². The molecule has 0 aliphatic carbocycles. The molecule has 2 heterocycles. The Kier molecular flexibility index (Phi) is 4.07. The lowest BCUT2D eigenvalue weighted by Crippen LogP contribution is -2.48. The fourth-order valence-corrected chi connectivity index (χ4v) is 3.47. The number of hydrogen-bond donors (Lipinski definition) is 1. The Labute approximate surface area is 137 Å². The van der Waals surface area contributed by atoms with Crippen LogP contribution in [0.2, 0.25) is 0 Å². The Balaban J connectivity index is 2.03. The van der Waals surface area contributed by atoms with Gasteiger partial charge in [-0.05, 0) is 37.6 Å². The van der Waals surface area contributed by atoms with Gasteiger partial charge >= 0.3 is 0 Å². The summed E-state index contributed by atoms with van der Waals surface area (Å²) in [5.41, 5.74) is 4.23. The quantitative estimate of drug-likeness (QED) is 0.914. The number of pyridine rings is 1. The van der Waals surface area contributed by atoms with Crippen molar-refractivity contribution in [3.63, 3.8) is 0 Å². The molecule has 1 aromatic carbocycles. The van der Waals surface area contributed by atoms with Crippen LogP contribution in [0.3, 0.4) is 0 Å². The van der Waals surface area contributed by atoms with E-state index in [1.54, 1.807) is 6.92 Å². The zero-order chi connectivity index (χ0) is 16.6. The molecule has 1 aromatic heterocycles. The molecule has 0 bridgehead atoms. The Morgan fingerprint density at radius 2 is 1.96 bits per heavy atom. The minimum absolute atomic E-state index is 0.0926. The monoisotopic (exact) mass is 309 g/mol. The summed E-state index contributed by atoms with van der Waals surface area (Å²) in [7, 11) is 0. The predicted octanol–water partition coefficient (Wildman–Crippen LogP) is 3.93. The van der Waals surface area contributed by atoms with E-state index >= 15 is 0 Å². The average Bonchev–Trinajstić information content (AvgIpc) is 2.51. The molecule has 0 fully saturated rings. The SMILES string of the molecule is CC(=O)N1c2ccccc2[C@H](Nc2ccnc(C)c2)[C@@H](C)[C@@H]1C. The molecule has 23 heavy (non-hydrogen) atoms. The van der Waals surface area contributed by atoms with Gasteiger partial charge in [-0.15, -0.1) is 0 Å². The van der Waals surface area contributed by atoms with Crippen LogP contribution in [0.15, 0.2) is 42.6 Å². The van der Waals surface area contributed by atoms with Crippen LogP contribution in [0.1, 0.15) is 38.1 Å². The highest BCUT2D eigenvalue weighted by Crippen LogP contribution is 2.42. The molecule has 0 radical (unpaired) electrons. The van der Waals surface area contributed by atoms with Crippen molar-refractivity contribution in [2.45, 2.75) is 39.8 Å². The summed E-state index contributed by atoms with van der Waals surface area (Å²) < 4.78 is 0. The molecule has 3 atom stereocenters. The number of nitrogens with zero attached hydrogens (tertiary/aromatic N) is 2. The number of carbonyl (C=O) groups is 1. The number of aromatic nitrogens is 1. The number of para-hydroxylation sites is 1. The molecule has 1 amide bonds. The van der Waals surface area contributed by atoms with Gasteiger partial charge in [0.15, 0.2) is 0 Å². The standard InChI is InChI=1S/C19H23N3O/c1-12-11-16(9-10-20-12)21-19-13(2)14(3)22(15(4)23)18-8-6-5-7-17(18)19/h5-11,13-14,19H,1-4H3,(H,20,21)/t13-,14-,19+/m0/s1. The average molecular weight is 309 g/mol. The minimum Gasteiger partial charge on any atom is -0.378 e. The van der Waals surface area contributed by atoms with Gasteiger partial charge in [0.2, 0.25) is 5.91 Å². The molecule has 120 valence electrons. The summed E-state index contributed by atoms with van der Waals surface area (Å²) >= 11 is 0. The molecular weight excluding hydrogens is 286 g/mol. The van der Waals surface area contributed by atoms with Crippen LogP contribution in [0.5, 0.6) is 0 Å². The summed E-state index contributed by atoms with van der Waals surface area (Å²) in [6, 6.07) is 12.5. The van der Waals surface area contributed by atoms with E-state index in [0.29, 0.717) is 5.92 Å². The third-order valence-corrected chi connectivity index (χ3v) is 4.78. The number of rotatable bonds is 2. The van der Waals surface area contributed by atoms with Crippen LogP contribution in [0.25, 0.3) is 0 Å². The van der Waals surface area contributed by atoms with E-state index in [2.05, 4.69) is 36.3 Å².